The molecule has 1 atom stereocenters. The number of pyridine rings is 1. The van der Waals surface area contributed by atoms with Crippen molar-refractivity contribution in [2.75, 3.05) is 14.1 Å². The van der Waals surface area contributed by atoms with Gasteiger partial charge in [-0.25, -0.2) is 4.98 Å². The van der Waals surface area contributed by atoms with E-state index in [2.05, 4.69) is 9.97 Å². The molecule has 0 aliphatic rings. The Labute approximate surface area is 110 Å². The van der Waals surface area contributed by atoms with E-state index in [0.717, 1.165) is 11.0 Å². The number of hydrogen-bond donors (Lipinski definition) is 0. The molecule has 0 aliphatic carbocycles. The first kappa shape index (κ1) is 12.8. The number of imidazole rings is 1. The quantitative estimate of drug-likeness (QED) is 0.797. The normalized spacial score (nSPS) is 12.7. The van der Waals surface area contributed by atoms with E-state index in [1.54, 1.807) is 31.4 Å². The Morgan fingerprint density at radius 3 is 2.89 bits per heavy atom. The summed E-state index contributed by atoms with van der Waals surface area (Å²) in [5.41, 5.74) is 1.63. The van der Waals surface area contributed by atoms with Crippen molar-refractivity contribution in [2.45, 2.75) is 18.8 Å². The highest BCUT2D eigenvalue weighted by atomic mass is 35.5. The molecule has 6 heteroatoms. The van der Waals surface area contributed by atoms with E-state index in [1.807, 2.05) is 17.6 Å². The van der Waals surface area contributed by atoms with Crippen LogP contribution in [0.5, 0.6) is 0 Å². The number of rotatable bonds is 3. The summed E-state index contributed by atoms with van der Waals surface area (Å²) in [6.07, 6.45) is 3.36. The predicted octanol–water partition coefficient (Wildman–Crippen LogP) is 1.82. The van der Waals surface area contributed by atoms with Crippen molar-refractivity contribution in [1.29, 1.82) is 0 Å². The SMILES string of the molecule is CC(Cl)c1nc2cnccc2n1CC(=O)N(C)C. The van der Waals surface area contributed by atoms with Crippen LogP contribution in [0.25, 0.3) is 11.0 Å². The van der Waals surface area contributed by atoms with Crippen molar-refractivity contribution in [1.82, 2.24) is 19.4 Å². The van der Waals surface area contributed by atoms with Gasteiger partial charge in [0.1, 0.15) is 17.9 Å². The van der Waals surface area contributed by atoms with Crippen LogP contribution in [0.2, 0.25) is 0 Å². The molecule has 2 aromatic heterocycles. The van der Waals surface area contributed by atoms with Crippen LogP contribution in [-0.2, 0) is 11.3 Å². The fraction of sp³-hybridized carbons (Fsp3) is 0.417. The van der Waals surface area contributed by atoms with Gasteiger partial charge in [0.25, 0.3) is 0 Å². The second-order valence-electron chi connectivity index (χ2n) is 4.32. The number of alkyl halides is 1. The summed E-state index contributed by atoms with van der Waals surface area (Å²) >= 11 is 6.11. The Morgan fingerprint density at radius 2 is 2.28 bits per heavy atom. The van der Waals surface area contributed by atoms with Gasteiger partial charge in [-0.05, 0) is 13.0 Å². The maximum Gasteiger partial charge on any atom is 0.242 e. The second-order valence-corrected chi connectivity index (χ2v) is 4.98. The average Bonchev–Trinajstić information content (AvgIpc) is 2.68. The molecule has 5 nitrogen and oxygen atoms in total. The summed E-state index contributed by atoms with van der Waals surface area (Å²) < 4.78 is 1.84. The molecule has 96 valence electrons. The highest BCUT2D eigenvalue weighted by molar-refractivity contribution is 6.20. The maximum absolute atomic E-state index is 11.8. The lowest BCUT2D eigenvalue weighted by Gasteiger charge is -2.14. The standard InChI is InChI=1S/C12H15ClN4O/c1-8(13)12-15-9-6-14-5-4-10(9)17(12)7-11(18)16(2)3/h4-6,8H,7H2,1-3H3. The average molecular weight is 267 g/mol. The summed E-state index contributed by atoms with van der Waals surface area (Å²) in [6, 6.07) is 1.84. The van der Waals surface area contributed by atoms with Gasteiger partial charge in [0, 0.05) is 20.3 Å². The predicted molar refractivity (Wildman–Crippen MR) is 70.5 cm³/mol. The lowest BCUT2D eigenvalue weighted by atomic mass is 10.4. The molecule has 18 heavy (non-hydrogen) atoms. The molecule has 0 spiro atoms. The Balaban J connectivity index is 2.52. The third kappa shape index (κ3) is 2.31. The minimum absolute atomic E-state index is 0.00433. The van der Waals surface area contributed by atoms with Gasteiger partial charge in [-0.1, -0.05) is 0 Å². The van der Waals surface area contributed by atoms with Crippen LogP contribution < -0.4 is 0 Å². The maximum atomic E-state index is 11.8. The second kappa shape index (κ2) is 4.94. The lowest BCUT2D eigenvalue weighted by Crippen LogP contribution is -2.27. The van der Waals surface area contributed by atoms with E-state index in [9.17, 15) is 4.79 Å². The van der Waals surface area contributed by atoms with Gasteiger partial charge in [0.2, 0.25) is 5.91 Å². The molecule has 1 amide bonds. The molecule has 2 heterocycles. The number of likely N-dealkylation sites (N-methyl/N-ethyl adjacent to an activating group) is 1. The first-order valence-electron chi connectivity index (χ1n) is 5.65. The Bertz CT molecular complexity index is 576. The number of aromatic nitrogens is 3. The van der Waals surface area contributed by atoms with E-state index >= 15 is 0 Å². The van der Waals surface area contributed by atoms with Gasteiger partial charge in [-0.3, -0.25) is 9.78 Å². The third-order valence-corrected chi connectivity index (χ3v) is 2.92. The Kier molecular flexibility index (Phi) is 3.52. The zero-order chi connectivity index (χ0) is 13.3. The van der Waals surface area contributed by atoms with Gasteiger partial charge < -0.3 is 9.47 Å². The van der Waals surface area contributed by atoms with E-state index in [0.29, 0.717) is 5.82 Å². The topological polar surface area (TPSA) is 51.0 Å². The number of carbonyl (C=O) groups is 1. The van der Waals surface area contributed by atoms with Crippen LogP contribution in [0, 0.1) is 0 Å². The smallest absolute Gasteiger partial charge is 0.242 e. The Morgan fingerprint density at radius 1 is 1.56 bits per heavy atom. The number of amides is 1. The molecular formula is C12H15ClN4O. The van der Waals surface area contributed by atoms with Gasteiger partial charge in [-0.15, -0.1) is 11.6 Å². The zero-order valence-corrected chi connectivity index (χ0v) is 11.3. The van der Waals surface area contributed by atoms with E-state index in [4.69, 9.17) is 11.6 Å². The van der Waals surface area contributed by atoms with Crippen molar-refractivity contribution in [3.8, 4) is 0 Å². The zero-order valence-electron chi connectivity index (χ0n) is 10.6. The summed E-state index contributed by atoms with van der Waals surface area (Å²) in [6.45, 7) is 2.08. The van der Waals surface area contributed by atoms with Crippen LogP contribution >= 0.6 is 11.6 Å². The molecule has 0 saturated heterocycles. The third-order valence-electron chi connectivity index (χ3n) is 2.73. The van der Waals surface area contributed by atoms with Crippen molar-refractivity contribution < 1.29 is 4.79 Å². The lowest BCUT2D eigenvalue weighted by molar-refractivity contribution is -0.129. The highest BCUT2D eigenvalue weighted by Gasteiger charge is 2.17. The number of nitrogens with zero attached hydrogens (tertiary/aromatic N) is 4. The van der Waals surface area contributed by atoms with Crippen LogP contribution in [0.3, 0.4) is 0 Å². The number of fused-ring (bicyclic) bond motifs is 1. The van der Waals surface area contributed by atoms with E-state index < -0.39 is 0 Å². The summed E-state index contributed by atoms with van der Waals surface area (Å²) in [5.74, 6) is 0.694. The van der Waals surface area contributed by atoms with Gasteiger partial charge >= 0.3 is 0 Å². The first-order chi connectivity index (χ1) is 8.50. The molecule has 1 unspecified atom stereocenters. The van der Waals surface area contributed by atoms with Crippen LogP contribution in [0.1, 0.15) is 18.1 Å². The highest BCUT2D eigenvalue weighted by Crippen LogP contribution is 2.23. The van der Waals surface area contributed by atoms with E-state index in [-0.39, 0.29) is 17.8 Å². The van der Waals surface area contributed by atoms with Crippen LogP contribution in [0.4, 0.5) is 0 Å². The van der Waals surface area contributed by atoms with Crippen molar-refractivity contribution >= 4 is 28.5 Å². The monoisotopic (exact) mass is 266 g/mol. The molecule has 0 aliphatic heterocycles. The number of carbonyl (C=O) groups excluding carboxylic acids is 1. The summed E-state index contributed by atoms with van der Waals surface area (Å²) in [7, 11) is 3.46. The van der Waals surface area contributed by atoms with Crippen LogP contribution in [0.15, 0.2) is 18.5 Å². The van der Waals surface area contributed by atoms with Gasteiger partial charge in [0.15, 0.2) is 0 Å². The minimum Gasteiger partial charge on any atom is -0.347 e. The molecular weight excluding hydrogens is 252 g/mol. The summed E-state index contributed by atoms with van der Waals surface area (Å²) in [4.78, 5) is 21.8. The van der Waals surface area contributed by atoms with E-state index in [1.165, 1.54) is 0 Å². The molecule has 2 aromatic rings. The largest absolute Gasteiger partial charge is 0.347 e. The summed E-state index contributed by atoms with van der Waals surface area (Å²) in [5, 5.41) is -0.257. The molecule has 0 radical (unpaired) electrons. The fourth-order valence-electron chi connectivity index (χ4n) is 1.75. The molecule has 2 rings (SSSR count). The molecule has 0 fully saturated rings. The Hall–Kier alpha value is -1.62. The molecule has 0 aromatic carbocycles. The van der Waals surface area contributed by atoms with Crippen molar-refractivity contribution in [2.24, 2.45) is 0 Å². The van der Waals surface area contributed by atoms with Crippen molar-refractivity contribution in [3.05, 3.63) is 24.3 Å². The number of hydrogen-bond acceptors (Lipinski definition) is 3. The van der Waals surface area contributed by atoms with Crippen LogP contribution in [-0.4, -0.2) is 39.4 Å². The number of halogens is 1. The van der Waals surface area contributed by atoms with Gasteiger partial charge in [-0.2, -0.15) is 0 Å². The van der Waals surface area contributed by atoms with Crippen molar-refractivity contribution in [3.63, 3.8) is 0 Å². The fourth-order valence-corrected chi connectivity index (χ4v) is 1.91. The molecule has 0 N–H and O–H groups in total. The first-order valence-corrected chi connectivity index (χ1v) is 6.08. The minimum atomic E-state index is -0.257. The van der Waals surface area contributed by atoms with Gasteiger partial charge in [0.05, 0.1) is 17.1 Å². The molecule has 0 bridgehead atoms. The molecule has 0 saturated carbocycles.